The lowest BCUT2D eigenvalue weighted by atomic mass is 9.88. The highest BCUT2D eigenvalue weighted by Gasteiger charge is 2.32. The molecule has 282 valence electrons. The van der Waals surface area contributed by atoms with Gasteiger partial charge in [0.2, 0.25) is 19.7 Å². The molecule has 1 atom stereocenters. The highest BCUT2D eigenvalue weighted by molar-refractivity contribution is 7.91. The fourth-order valence-electron chi connectivity index (χ4n) is 6.18. The minimum absolute atomic E-state index is 0.129. The molecule has 0 bridgehead atoms. The van der Waals surface area contributed by atoms with E-state index in [0.29, 0.717) is 46.2 Å². The predicted molar refractivity (Wildman–Crippen MR) is 215 cm³/mol. The molecule has 0 N–H and O–H groups in total. The van der Waals surface area contributed by atoms with E-state index in [-0.39, 0.29) is 30.7 Å². The summed E-state index contributed by atoms with van der Waals surface area (Å²) < 4.78 is 65.3. The predicted octanol–water partition coefficient (Wildman–Crippen LogP) is 11.4. The summed E-state index contributed by atoms with van der Waals surface area (Å²) in [5.74, 6) is 1.30. The van der Waals surface area contributed by atoms with Crippen LogP contribution in [-0.4, -0.2) is 22.6 Å². The van der Waals surface area contributed by atoms with E-state index >= 15 is 0 Å². The zero-order valence-electron chi connectivity index (χ0n) is 30.3. The van der Waals surface area contributed by atoms with Crippen LogP contribution in [0.25, 0.3) is 0 Å². The molecule has 6 aromatic rings. The van der Waals surface area contributed by atoms with E-state index in [9.17, 15) is 21.6 Å². The van der Waals surface area contributed by atoms with Gasteiger partial charge in [0.1, 0.15) is 22.8 Å². The number of halogens is 2. The number of carbonyl (C=O) groups excluding carboxylic acids is 1. The first-order chi connectivity index (χ1) is 26.3. The Labute approximate surface area is 332 Å². The zero-order chi connectivity index (χ0) is 39.4. The standard InChI is InChI=1S/C44H38Cl2O7S2/c1-4-44(5-2,34-13-23-39(24-14-34)54(48,49)40-25-15-35(46)16-26-40)53-38-19-11-32(12-20-38)43(47)31-9-17-36(18-10-31)52-37-21-27-41(28-22-37)55(50,51)42-8-6-7-33(29-42)30(3)45/h6-30H,4-5H2,1-3H3. The molecular formula is C44H38Cl2O7S2. The molecular weight excluding hydrogens is 776 g/mol. The highest BCUT2D eigenvalue weighted by atomic mass is 35.5. The lowest BCUT2D eigenvalue weighted by molar-refractivity contribution is 0.0572. The van der Waals surface area contributed by atoms with Crippen LogP contribution >= 0.6 is 23.2 Å². The monoisotopic (exact) mass is 812 g/mol. The number of benzene rings is 6. The molecule has 0 saturated carbocycles. The fourth-order valence-corrected chi connectivity index (χ4v) is 9.02. The van der Waals surface area contributed by atoms with Crippen molar-refractivity contribution in [3.63, 3.8) is 0 Å². The Bertz CT molecular complexity index is 2500. The van der Waals surface area contributed by atoms with Crippen LogP contribution in [0, 0.1) is 0 Å². The smallest absolute Gasteiger partial charge is 0.206 e. The third kappa shape index (κ3) is 8.66. The molecule has 0 spiro atoms. The van der Waals surface area contributed by atoms with Gasteiger partial charge in [-0.3, -0.25) is 4.79 Å². The second-order valence-corrected chi connectivity index (χ2v) is 17.9. The van der Waals surface area contributed by atoms with Crippen LogP contribution in [-0.2, 0) is 25.3 Å². The van der Waals surface area contributed by atoms with E-state index in [1.807, 2.05) is 13.8 Å². The van der Waals surface area contributed by atoms with Gasteiger partial charge in [-0.15, -0.1) is 11.6 Å². The summed E-state index contributed by atoms with van der Waals surface area (Å²) in [6.45, 7) is 5.81. The maximum atomic E-state index is 13.4. The van der Waals surface area contributed by atoms with Crippen molar-refractivity contribution in [2.45, 2.75) is 64.2 Å². The first-order valence-corrected chi connectivity index (χ1v) is 21.4. The molecule has 0 heterocycles. The van der Waals surface area contributed by atoms with Crippen molar-refractivity contribution in [2.24, 2.45) is 0 Å². The second-order valence-electron chi connectivity index (χ2n) is 12.9. The Balaban J connectivity index is 1.10. The van der Waals surface area contributed by atoms with Crippen molar-refractivity contribution in [3.8, 4) is 17.2 Å². The normalized spacial score (nSPS) is 12.5. The molecule has 7 nitrogen and oxygen atoms in total. The van der Waals surface area contributed by atoms with E-state index < -0.39 is 25.3 Å². The molecule has 55 heavy (non-hydrogen) atoms. The van der Waals surface area contributed by atoms with Crippen LogP contribution < -0.4 is 9.47 Å². The van der Waals surface area contributed by atoms with Gasteiger partial charge in [-0.2, -0.15) is 0 Å². The summed E-state index contributed by atoms with van der Waals surface area (Å²) in [5.41, 5.74) is 1.75. The Morgan fingerprint density at radius 1 is 0.600 bits per heavy atom. The summed E-state index contributed by atoms with van der Waals surface area (Å²) in [6, 6.07) is 39.2. The second kappa shape index (κ2) is 16.4. The SMILES string of the molecule is CCC(CC)(Oc1ccc(C(=O)c2ccc(Oc3ccc(S(=O)(=O)c4cccc(C(C)Cl)c4)cc3)cc2)cc1)c1ccc(S(=O)(=O)c2ccc(Cl)cc2)cc1. The quantitative estimate of drug-likeness (QED) is 0.0796. The third-order valence-corrected chi connectivity index (χ3v) is 13.6. The summed E-state index contributed by atoms with van der Waals surface area (Å²) in [5, 5.41) is 0.135. The number of alkyl halides is 1. The Morgan fingerprint density at radius 2 is 1.04 bits per heavy atom. The Morgan fingerprint density at radius 3 is 1.53 bits per heavy atom. The van der Waals surface area contributed by atoms with E-state index in [1.165, 1.54) is 24.3 Å². The molecule has 0 saturated heterocycles. The highest BCUT2D eigenvalue weighted by Crippen LogP contribution is 2.36. The topological polar surface area (TPSA) is 104 Å². The third-order valence-electron chi connectivity index (χ3n) is 9.50. The van der Waals surface area contributed by atoms with Gasteiger partial charge in [0, 0.05) is 16.1 Å². The molecule has 0 aliphatic heterocycles. The van der Waals surface area contributed by atoms with Crippen LogP contribution in [0.3, 0.4) is 0 Å². The summed E-state index contributed by atoms with van der Waals surface area (Å²) in [7, 11) is -7.47. The van der Waals surface area contributed by atoms with E-state index in [0.717, 1.165) is 11.1 Å². The number of hydrogen-bond donors (Lipinski definition) is 0. The van der Waals surface area contributed by atoms with Crippen molar-refractivity contribution >= 4 is 48.7 Å². The van der Waals surface area contributed by atoms with Gasteiger partial charge in [-0.1, -0.05) is 49.7 Å². The van der Waals surface area contributed by atoms with Gasteiger partial charge in [0.15, 0.2) is 5.78 Å². The minimum atomic E-state index is -3.75. The van der Waals surface area contributed by atoms with Crippen molar-refractivity contribution in [2.75, 3.05) is 0 Å². The first-order valence-electron chi connectivity index (χ1n) is 17.6. The van der Waals surface area contributed by atoms with Gasteiger partial charge in [-0.25, -0.2) is 16.8 Å². The van der Waals surface area contributed by atoms with Crippen molar-refractivity contribution in [3.05, 3.63) is 173 Å². The van der Waals surface area contributed by atoms with Gasteiger partial charge in [-0.05, 0) is 152 Å². The van der Waals surface area contributed by atoms with E-state index in [1.54, 1.807) is 128 Å². The lowest BCUT2D eigenvalue weighted by Crippen LogP contribution is -2.31. The zero-order valence-corrected chi connectivity index (χ0v) is 33.4. The van der Waals surface area contributed by atoms with Crippen LogP contribution in [0.15, 0.2) is 165 Å². The number of hydrogen-bond acceptors (Lipinski definition) is 7. The number of carbonyl (C=O) groups is 1. The van der Waals surface area contributed by atoms with Crippen molar-refractivity contribution in [1.29, 1.82) is 0 Å². The molecule has 6 rings (SSSR count). The molecule has 1 unspecified atom stereocenters. The van der Waals surface area contributed by atoms with Crippen molar-refractivity contribution < 1.29 is 31.1 Å². The molecule has 0 aliphatic rings. The van der Waals surface area contributed by atoms with Gasteiger partial charge < -0.3 is 9.47 Å². The molecule has 0 fully saturated rings. The van der Waals surface area contributed by atoms with Crippen LogP contribution in [0.2, 0.25) is 5.02 Å². The Kier molecular flexibility index (Phi) is 11.9. The largest absolute Gasteiger partial charge is 0.483 e. The van der Waals surface area contributed by atoms with Gasteiger partial charge in [0.05, 0.1) is 25.0 Å². The number of ether oxygens (including phenoxy) is 2. The molecule has 0 amide bonds. The maximum Gasteiger partial charge on any atom is 0.206 e. The molecule has 6 aromatic carbocycles. The number of sulfone groups is 2. The van der Waals surface area contributed by atoms with E-state index in [2.05, 4.69) is 0 Å². The Hall–Kier alpha value is -4.93. The van der Waals surface area contributed by atoms with E-state index in [4.69, 9.17) is 32.7 Å². The summed E-state index contributed by atoms with van der Waals surface area (Å²) in [6.07, 6.45) is 1.24. The maximum absolute atomic E-state index is 13.4. The van der Waals surface area contributed by atoms with Crippen LogP contribution in [0.1, 0.15) is 66.0 Å². The van der Waals surface area contributed by atoms with Crippen LogP contribution in [0.4, 0.5) is 0 Å². The molecule has 0 radical (unpaired) electrons. The lowest BCUT2D eigenvalue weighted by Gasteiger charge is -2.33. The average molecular weight is 814 g/mol. The summed E-state index contributed by atoms with van der Waals surface area (Å²) >= 11 is 12.1. The van der Waals surface area contributed by atoms with Gasteiger partial charge >= 0.3 is 0 Å². The van der Waals surface area contributed by atoms with Gasteiger partial charge in [0.25, 0.3) is 0 Å². The fraction of sp³-hybridized carbons (Fsp3) is 0.159. The molecule has 0 aliphatic carbocycles. The average Bonchev–Trinajstić information content (AvgIpc) is 3.21. The minimum Gasteiger partial charge on any atom is -0.483 e. The molecule has 0 aromatic heterocycles. The number of rotatable bonds is 14. The number of ketones is 1. The van der Waals surface area contributed by atoms with Crippen LogP contribution in [0.5, 0.6) is 17.2 Å². The van der Waals surface area contributed by atoms with Crippen molar-refractivity contribution in [1.82, 2.24) is 0 Å². The summed E-state index contributed by atoms with van der Waals surface area (Å²) in [4.78, 5) is 14.0. The molecule has 11 heteroatoms. The first kappa shape index (κ1) is 39.8.